The number of fused-ring (bicyclic) bond motifs is 1. The number of aliphatic hydroxyl groups is 1. The van der Waals surface area contributed by atoms with Gasteiger partial charge in [0, 0.05) is 11.4 Å². The molecule has 5 rings (SSSR count). The molecule has 1 aliphatic carbocycles. The average Bonchev–Trinajstić information content (AvgIpc) is 3.65. The van der Waals surface area contributed by atoms with Crippen molar-refractivity contribution in [2.24, 2.45) is 5.92 Å². The Morgan fingerprint density at radius 1 is 1.07 bits per heavy atom. The lowest BCUT2D eigenvalue weighted by Gasteiger charge is -2.36. The van der Waals surface area contributed by atoms with Crippen LogP contribution in [0.1, 0.15) is 58.8 Å². The van der Waals surface area contributed by atoms with E-state index in [-0.39, 0.29) is 24.2 Å². The quantitative estimate of drug-likeness (QED) is 0.523. The topological polar surface area (TPSA) is 116 Å². The monoisotopic (exact) mass is 567 g/mol. The number of Topliss-reactive ketones (excluding diaryl/α,β-unsaturated/α-hetero) is 1. The number of nitrogens with one attached hydrogen (secondary N) is 1. The summed E-state index contributed by atoms with van der Waals surface area (Å²) in [6, 6.07) is 11.3. The zero-order valence-corrected chi connectivity index (χ0v) is 23.8. The highest BCUT2D eigenvalue weighted by atomic mass is 32.1. The summed E-state index contributed by atoms with van der Waals surface area (Å²) in [7, 11) is 0. The molecule has 3 aliphatic rings. The van der Waals surface area contributed by atoms with Crippen molar-refractivity contribution in [2.45, 2.75) is 82.5 Å². The molecule has 40 heavy (non-hydrogen) atoms. The lowest BCUT2D eigenvalue weighted by atomic mass is 9.83. The van der Waals surface area contributed by atoms with Gasteiger partial charge >= 0.3 is 6.09 Å². The van der Waals surface area contributed by atoms with Crippen LogP contribution >= 0.6 is 11.3 Å². The van der Waals surface area contributed by atoms with Crippen LogP contribution in [0, 0.1) is 5.92 Å². The smallest absolute Gasteiger partial charge is 0.399 e. The van der Waals surface area contributed by atoms with Crippen molar-refractivity contribution in [1.29, 1.82) is 0 Å². The van der Waals surface area contributed by atoms with Crippen LogP contribution in [0.2, 0.25) is 0 Å². The van der Waals surface area contributed by atoms with Crippen LogP contribution in [0.15, 0.2) is 42.5 Å². The lowest BCUT2D eigenvalue weighted by molar-refractivity contribution is -0.156. The van der Waals surface area contributed by atoms with E-state index in [1.54, 1.807) is 6.07 Å². The van der Waals surface area contributed by atoms with E-state index in [0.29, 0.717) is 37.3 Å². The highest BCUT2D eigenvalue weighted by molar-refractivity contribution is 7.17. The molecule has 9 nitrogen and oxygen atoms in total. The third-order valence-corrected chi connectivity index (χ3v) is 9.19. The van der Waals surface area contributed by atoms with Gasteiger partial charge in [-0.3, -0.25) is 14.4 Å². The third-order valence-electron chi connectivity index (χ3n) is 8.18. The predicted octanol–water partition coefficient (Wildman–Crippen LogP) is 3.99. The van der Waals surface area contributed by atoms with Gasteiger partial charge < -0.3 is 25.0 Å². The molecule has 0 bridgehead atoms. The molecule has 3 amide bonds. The Morgan fingerprint density at radius 2 is 1.80 bits per heavy atom. The maximum atomic E-state index is 13.7. The fourth-order valence-corrected chi connectivity index (χ4v) is 7.11. The maximum absolute atomic E-state index is 13.7. The van der Waals surface area contributed by atoms with Gasteiger partial charge in [0.25, 0.3) is 5.91 Å². The summed E-state index contributed by atoms with van der Waals surface area (Å²) in [5.41, 5.74) is -0.415. The molecular weight excluding hydrogens is 530 g/mol. The molecule has 2 aromatic rings. The molecular formula is C30H37N3O6S. The van der Waals surface area contributed by atoms with Gasteiger partial charge in [0.2, 0.25) is 5.91 Å². The van der Waals surface area contributed by atoms with E-state index in [2.05, 4.69) is 5.32 Å². The number of carbonyl (C=O) groups excluding carboxylic acids is 4. The number of benzene rings is 1. The first-order valence-corrected chi connectivity index (χ1v) is 15.0. The predicted molar refractivity (Wildman–Crippen MR) is 151 cm³/mol. The summed E-state index contributed by atoms with van der Waals surface area (Å²) in [4.78, 5) is 57.0. The minimum atomic E-state index is -1.43. The normalized spacial score (nSPS) is 22.8. The molecule has 3 unspecified atom stereocenters. The molecule has 1 aromatic carbocycles. The molecule has 1 saturated carbocycles. The molecule has 2 N–H and O–H groups in total. The van der Waals surface area contributed by atoms with E-state index in [9.17, 15) is 24.3 Å². The van der Waals surface area contributed by atoms with Crippen LogP contribution in [0.4, 0.5) is 4.79 Å². The fraction of sp³-hybridized carbons (Fsp3) is 0.533. The van der Waals surface area contributed by atoms with Crippen LogP contribution in [-0.4, -0.2) is 75.4 Å². The first kappa shape index (κ1) is 28.3. The first-order valence-electron chi connectivity index (χ1n) is 14.2. The highest BCUT2D eigenvalue weighted by Gasteiger charge is 2.55. The van der Waals surface area contributed by atoms with Crippen LogP contribution < -0.4 is 10.1 Å². The van der Waals surface area contributed by atoms with Crippen molar-refractivity contribution in [1.82, 2.24) is 15.1 Å². The van der Waals surface area contributed by atoms with Gasteiger partial charge in [0.1, 0.15) is 17.7 Å². The number of likely N-dealkylation sites (tertiary alicyclic amines) is 2. The second-order valence-electron chi connectivity index (χ2n) is 11.5. The number of nitrogens with zero attached hydrogens (tertiary/aromatic N) is 2. The number of ketones is 1. The number of hydrogen-bond donors (Lipinski definition) is 2. The van der Waals surface area contributed by atoms with Crippen molar-refractivity contribution >= 4 is 35.0 Å². The Bertz CT molecular complexity index is 1260. The van der Waals surface area contributed by atoms with Gasteiger partial charge in [0.15, 0.2) is 10.8 Å². The standard InChI is InChI=1S/C30H37N3O6S/c1-19(2)17-21(31-29(37)39-25-12-11-24(40-25)20-9-5-3-6-10-20)27(35)32-16-13-22-26(32)23(34)18-33(22)28(36)30(38)14-7-4-8-15-30/h3,5-6,9-12,19,21-22,26,38H,4,7-8,13-18H2,1-2H3,(H,31,37). The number of carbonyl (C=O) groups is 4. The van der Waals surface area contributed by atoms with Crippen LogP contribution in [0.3, 0.4) is 0 Å². The molecule has 10 heteroatoms. The van der Waals surface area contributed by atoms with Crippen molar-refractivity contribution in [3.63, 3.8) is 0 Å². The van der Waals surface area contributed by atoms with Crippen molar-refractivity contribution in [3.8, 4) is 15.5 Å². The third kappa shape index (κ3) is 5.78. The molecule has 0 radical (unpaired) electrons. The van der Waals surface area contributed by atoms with Gasteiger partial charge in [-0.25, -0.2) is 4.79 Å². The van der Waals surface area contributed by atoms with E-state index in [0.717, 1.165) is 29.7 Å². The van der Waals surface area contributed by atoms with Crippen molar-refractivity contribution < 1.29 is 29.0 Å². The average molecular weight is 568 g/mol. The fourth-order valence-electron chi connectivity index (χ4n) is 6.25. The van der Waals surface area contributed by atoms with Crippen LogP contribution in [-0.2, 0) is 14.4 Å². The minimum Gasteiger partial charge on any atom is -0.399 e. The largest absolute Gasteiger partial charge is 0.414 e. The maximum Gasteiger partial charge on any atom is 0.414 e. The minimum absolute atomic E-state index is 0.0944. The zero-order valence-electron chi connectivity index (χ0n) is 23.0. The Kier molecular flexibility index (Phi) is 8.28. The van der Waals surface area contributed by atoms with E-state index in [1.165, 1.54) is 21.1 Å². The SMILES string of the molecule is CC(C)CC(NC(=O)Oc1ccc(-c2ccccc2)s1)C(=O)N1CCC2C1C(=O)CN2C(=O)C1(O)CCCCC1. The summed E-state index contributed by atoms with van der Waals surface area (Å²) < 4.78 is 5.53. The summed E-state index contributed by atoms with van der Waals surface area (Å²) in [5, 5.41) is 14.2. The molecule has 2 saturated heterocycles. The Balaban J connectivity index is 1.25. The number of hydrogen-bond acceptors (Lipinski definition) is 7. The van der Waals surface area contributed by atoms with Gasteiger partial charge in [-0.05, 0) is 49.3 Å². The van der Waals surface area contributed by atoms with Crippen LogP contribution in [0.25, 0.3) is 10.4 Å². The second-order valence-corrected chi connectivity index (χ2v) is 12.6. The Labute approximate surface area is 238 Å². The Hall–Kier alpha value is -3.24. The molecule has 1 aromatic heterocycles. The molecule has 3 fully saturated rings. The number of ether oxygens (including phenoxy) is 1. The summed E-state index contributed by atoms with van der Waals surface area (Å²) in [5.74, 6) is -0.861. The lowest BCUT2D eigenvalue weighted by Crippen LogP contribution is -2.54. The molecule has 0 spiro atoms. The summed E-state index contributed by atoms with van der Waals surface area (Å²) >= 11 is 1.34. The zero-order chi connectivity index (χ0) is 28.4. The summed E-state index contributed by atoms with van der Waals surface area (Å²) in [6.45, 7) is 4.11. The highest BCUT2D eigenvalue weighted by Crippen LogP contribution is 2.36. The van der Waals surface area contributed by atoms with Crippen LogP contribution in [0.5, 0.6) is 5.06 Å². The number of thiophene rings is 1. The van der Waals surface area contributed by atoms with Gasteiger partial charge in [-0.1, -0.05) is 74.8 Å². The van der Waals surface area contributed by atoms with Crippen molar-refractivity contribution in [2.75, 3.05) is 13.1 Å². The van der Waals surface area contributed by atoms with E-state index < -0.39 is 35.7 Å². The van der Waals surface area contributed by atoms with E-state index in [4.69, 9.17) is 4.74 Å². The second kappa shape index (κ2) is 11.7. The van der Waals surface area contributed by atoms with Gasteiger partial charge in [0.05, 0.1) is 12.6 Å². The van der Waals surface area contributed by atoms with Crippen molar-refractivity contribution in [3.05, 3.63) is 42.5 Å². The van der Waals surface area contributed by atoms with E-state index >= 15 is 0 Å². The Morgan fingerprint density at radius 3 is 2.50 bits per heavy atom. The van der Waals surface area contributed by atoms with Gasteiger partial charge in [-0.2, -0.15) is 0 Å². The number of amides is 3. The summed E-state index contributed by atoms with van der Waals surface area (Å²) in [6.07, 6.45) is 3.44. The first-order chi connectivity index (χ1) is 19.2. The van der Waals surface area contributed by atoms with E-state index in [1.807, 2.05) is 50.2 Å². The van der Waals surface area contributed by atoms with Gasteiger partial charge in [-0.15, -0.1) is 0 Å². The molecule has 214 valence electrons. The molecule has 2 aliphatic heterocycles. The number of rotatable bonds is 7. The molecule has 3 heterocycles. The molecule has 3 atom stereocenters.